The highest BCUT2D eigenvalue weighted by Gasteiger charge is 2.53. The molecule has 0 bridgehead atoms. The number of hydrogen-bond donors (Lipinski definition) is 2. The Balaban J connectivity index is 1.41. The lowest BCUT2D eigenvalue weighted by atomic mass is 9.81. The fourth-order valence-corrected chi connectivity index (χ4v) is 6.11. The van der Waals surface area contributed by atoms with Crippen molar-refractivity contribution >= 4 is 39.3 Å². The molecule has 1 aliphatic rings. The molecule has 0 aliphatic carbocycles. The second kappa shape index (κ2) is 15.0. The van der Waals surface area contributed by atoms with Crippen molar-refractivity contribution in [1.29, 1.82) is 0 Å². The molecule has 6 rings (SSSR count). The maximum Gasteiger partial charge on any atom is 0.252 e. The number of ether oxygens (including phenoxy) is 2. The molecule has 0 saturated heterocycles. The van der Waals surface area contributed by atoms with Crippen LogP contribution in [0.3, 0.4) is 0 Å². The molecule has 238 valence electrons. The average molecular weight is 710 g/mol. The third-order valence-electron chi connectivity index (χ3n) is 8.13. The highest BCUT2D eigenvalue weighted by Crippen LogP contribution is 2.43. The number of nitrogens with one attached hydrogen (secondary N) is 1. The number of rotatable bonds is 12. The second-order valence-corrected chi connectivity index (χ2v) is 12.7. The summed E-state index contributed by atoms with van der Waals surface area (Å²) in [6.45, 7) is 0.719. The van der Waals surface area contributed by atoms with E-state index in [2.05, 4.69) is 45.5 Å². The minimum absolute atomic E-state index is 0.0649. The van der Waals surface area contributed by atoms with E-state index >= 15 is 0 Å². The van der Waals surface area contributed by atoms with Crippen molar-refractivity contribution < 1.29 is 19.4 Å². The van der Waals surface area contributed by atoms with E-state index in [0.717, 1.165) is 37.9 Å². The molecule has 6 nitrogen and oxygen atoms in total. The van der Waals surface area contributed by atoms with Crippen LogP contribution in [0.1, 0.15) is 34.8 Å². The number of carbonyl (C=O) groups excluding carboxylic acids is 1. The fourth-order valence-electron chi connectivity index (χ4n) is 5.65. The van der Waals surface area contributed by atoms with Gasteiger partial charge in [-0.15, -0.1) is 0 Å². The van der Waals surface area contributed by atoms with Crippen molar-refractivity contribution in [3.05, 3.63) is 159 Å². The molecule has 1 heterocycles. The zero-order chi connectivity index (χ0) is 32.6. The van der Waals surface area contributed by atoms with E-state index in [1.807, 2.05) is 103 Å². The molecule has 47 heavy (non-hydrogen) atoms. The van der Waals surface area contributed by atoms with Crippen LogP contribution < -0.4 is 10.1 Å². The van der Waals surface area contributed by atoms with Gasteiger partial charge in [-0.1, -0.05) is 112 Å². The first-order chi connectivity index (χ1) is 22.9. The molecule has 5 aromatic carbocycles. The maximum atomic E-state index is 14.6. The SMILES string of the molecule is O=C(NCc1ccccc1Cl)[C@]1(Cc2ccc(Br)cc2)N=C(c2ccc(OCCCO)cc2)O[C@@H]1c1ccc(-c2ccccc2)cc1. The summed E-state index contributed by atoms with van der Waals surface area (Å²) < 4.78 is 13.4. The zero-order valence-corrected chi connectivity index (χ0v) is 28.0. The number of benzene rings is 5. The lowest BCUT2D eigenvalue weighted by molar-refractivity contribution is -0.129. The van der Waals surface area contributed by atoms with E-state index in [1.54, 1.807) is 0 Å². The van der Waals surface area contributed by atoms with E-state index in [1.165, 1.54) is 0 Å². The van der Waals surface area contributed by atoms with Crippen LogP contribution in [-0.4, -0.2) is 35.7 Å². The normalized spacial score (nSPS) is 17.1. The van der Waals surface area contributed by atoms with Gasteiger partial charge in [-0.05, 0) is 70.3 Å². The lowest BCUT2D eigenvalue weighted by Crippen LogP contribution is -2.49. The van der Waals surface area contributed by atoms with Gasteiger partial charge in [-0.3, -0.25) is 4.79 Å². The molecule has 0 fully saturated rings. The van der Waals surface area contributed by atoms with Gasteiger partial charge in [0.1, 0.15) is 5.75 Å². The standard InChI is InChI=1S/C39H34BrClN2O4/c40-33-19-11-27(12-20-33)25-39(38(45)42-26-32-9-4-5-10-35(32)41)36(30-15-13-29(14-16-30)28-7-2-1-3-8-28)47-37(43-39)31-17-21-34(22-18-31)46-24-6-23-44/h1-5,7-22,36,44H,6,23-26H2,(H,42,45)/t36-,39-/m1/s1. The van der Waals surface area contributed by atoms with Gasteiger partial charge in [-0.25, -0.2) is 4.99 Å². The topological polar surface area (TPSA) is 80.2 Å². The predicted molar refractivity (Wildman–Crippen MR) is 190 cm³/mol. The van der Waals surface area contributed by atoms with Gasteiger partial charge < -0.3 is 19.9 Å². The lowest BCUT2D eigenvalue weighted by Gasteiger charge is -2.31. The minimum Gasteiger partial charge on any atom is -0.494 e. The molecule has 0 radical (unpaired) electrons. The highest BCUT2D eigenvalue weighted by atomic mass is 79.9. The summed E-state index contributed by atoms with van der Waals surface area (Å²) in [5.41, 5.74) is 4.13. The summed E-state index contributed by atoms with van der Waals surface area (Å²) in [7, 11) is 0. The van der Waals surface area contributed by atoms with Crippen LogP contribution >= 0.6 is 27.5 Å². The van der Waals surface area contributed by atoms with Crippen LogP contribution in [0.5, 0.6) is 5.75 Å². The van der Waals surface area contributed by atoms with Gasteiger partial charge in [0.15, 0.2) is 11.6 Å². The van der Waals surface area contributed by atoms with E-state index in [-0.39, 0.29) is 19.1 Å². The monoisotopic (exact) mass is 708 g/mol. The van der Waals surface area contributed by atoms with Crippen molar-refractivity contribution in [3.63, 3.8) is 0 Å². The molecule has 5 aromatic rings. The first-order valence-electron chi connectivity index (χ1n) is 15.5. The Morgan fingerprint density at radius 3 is 2.21 bits per heavy atom. The fraction of sp³-hybridized carbons (Fsp3) is 0.179. The number of hydrogen-bond acceptors (Lipinski definition) is 5. The zero-order valence-electron chi connectivity index (χ0n) is 25.6. The number of aliphatic imine (C=N–C) groups is 1. The molecule has 1 amide bonds. The van der Waals surface area contributed by atoms with Crippen molar-refractivity contribution in [2.45, 2.75) is 31.0 Å². The molecule has 0 unspecified atom stereocenters. The Hall–Kier alpha value is -4.43. The summed E-state index contributed by atoms with van der Waals surface area (Å²) in [4.78, 5) is 19.7. The number of nitrogens with zero attached hydrogens (tertiary/aromatic N) is 1. The molecular weight excluding hydrogens is 676 g/mol. The van der Waals surface area contributed by atoms with Crippen LogP contribution in [0.4, 0.5) is 0 Å². The van der Waals surface area contributed by atoms with Gasteiger partial charge >= 0.3 is 0 Å². The number of carbonyl (C=O) groups is 1. The van der Waals surface area contributed by atoms with Crippen LogP contribution in [0.2, 0.25) is 5.02 Å². The van der Waals surface area contributed by atoms with Crippen LogP contribution in [0.25, 0.3) is 11.1 Å². The second-order valence-electron chi connectivity index (χ2n) is 11.4. The van der Waals surface area contributed by atoms with Crippen molar-refractivity contribution in [2.75, 3.05) is 13.2 Å². The molecule has 2 atom stereocenters. The van der Waals surface area contributed by atoms with Crippen molar-refractivity contribution in [2.24, 2.45) is 4.99 Å². The average Bonchev–Trinajstić information content (AvgIpc) is 3.50. The third-order valence-corrected chi connectivity index (χ3v) is 9.03. The van der Waals surface area contributed by atoms with E-state index in [0.29, 0.717) is 36.1 Å². The Labute approximate surface area is 288 Å². The van der Waals surface area contributed by atoms with E-state index in [4.69, 9.17) is 31.2 Å². The first kappa shape index (κ1) is 32.5. The number of aliphatic hydroxyl groups is 1. The highest BCUT2D eigenvalue weighted by molar-refractivity contribution is 9.10. The van der Waals surface area contributed by atoms with Crippen LogP contribution in [-0.2, 0) is 22.5 Å². The quantitative estimate of drug-likeness (QED) is 0.128. The summed E-state index contributed by atoms with van der Waals surface area (Å²) >= 11 is 9.99. The molecule has 2 N–H and O–H groups in total. The van der Waals surface area contributed by atoms with Crippen molar-refractivity contribution in [3.8, 4) is 16.9 Å². The smallest absolute Gasteiger partial charge is 0.252 e. The van der Waals surface area contributed by atoms with Crippen LogP contribution in [0.15, 0.2) is 137 Å². The molecule has 0 aromatic heterocycles. The van der Waals surface area contributed by atoms with Gasteiger partial charge in [0.2, 0.25) is 5.90 Å². The minimum atomic E-state index is -1.34. The van der Waals surface area contributed by atoms with Crippen LogP contribution in [0, 0.1) is 0 Å². The summed E-state index contributed by atoms with van der Waals surface area (Å²) in [6.07, 6.45) is 0.119. The Kier molecular flexibility index (Phi) is 10.4. The first-order valence-corrected chi connectivity index (χ1v) is 16.6. The van der Waals surface area contributed by atoms with Gasteiger partial charge in [-0.2, -0.15) is 0 Å². The molecule has 0 saturated carbocycles. The molecule has 1 aliphatic heterocycles. The van der Waals surface area contributed by atoms with Gasteiger partial charge in [0.05, 0.1) is 6.61 Å². The van der Waals surface area contributed by atoms with Gasteiger partial charge in [0.25, 0.3) is 5.91 Å². The summed E-state index contributed by atoms with van der Waals surface area (Å²) in [6, 6.07) is 41.1. The number of amides is 1. The van der Waals surface area contributed by atoms with Crippen molar-refractivity contribution in [1.82, 2.24) is 5.32 Å². The third kappa shape index (κ3) is 7.60. The Bertz CT molecular complexity index is 1830. The molecular formula is C39H34BrClN2O4. The Morgan fingerprint density at radius 1 is 0.851 bits per heavy atom. The summed E-state index contributed by atoms with van der Waals surface area (Å²) in [5.74, 6) is 0.776. The largest absolute Gasteiger partial charge is 0.494 e. The number of halogens is 2. The molecule has 8 heteroatoms. The molecule has 0 spiro atoms. The number of aliphatic hydroxyl groups excluding tert-OH is 1. The predicted octanol–water partition coefficient (Wildman–Crippen LogP) is 8.35. The maximum absolute atomic E-state index is 14.6. The summed E-state index contributed by atoms with van der Waals surface area (Å²) in [5, 5.41) is 12.8. The Morgan fingerprint density at radius 2 is 1.51 bits per heavy atom. The van der Waals surface area contributed by atoms with E-state index in [9.17, 15) is 4.79 Å². The van der Waals surface area contributed by atoms with E-state index < -0.39 is 11.6 Å². The van der Waals surface area contributed by atoms with Gasteiger partial charge in [0, 0.05) is 41.1 Å².